The van der Waals surface area contributed by atoms with Gasteiger partial charge in [-0.05, 0) is 4.92 Å². The number of aryl methyl sites for hydroxylation is 1. The van der Waals surface area contributed by atoms with Crippen LogP contribution in [0.4, 0.5) is 5.82 Å². The Morgan fingerprint density at radius 1 is 1.64 bits per heavy atom. The van der Waals surface area contributed by atoms with Gasteiger partial charge in [0.25, 0.3) is 0 Å². The number of hydrogen-bond acceptors (Lipinski definition) is 3. The van der Waals surface area contributed by atoms with Gasteiger partial charge in [0.1, 0.15) is 6.20 Å². The minimum Gasteiger partial charge on any atom is -0.358 e. The van der Waals surface area contributed by atoms with Gasteiger partial charge in [-0.25, -0.2) is 9.97 Å². The summed E-state index contributed by atoms with van der Waals surface area (Å²) < 4.78 is 0. The van der Waals surface area contributed by atoms with Crippen LogP contribution in [0.5, 0.6) is 0 Å². The molecule has 1 N–H and O–H groups in total. The molecule has 0 saturated carbocycles. The highest BCUT2D eigenvalue weighted by Crippen LogP contribution is 2.03. The molecule has 0 saturated heterocycles. The topological polar surface area (TPSA) is 71.8 Å². The van der Waals surface area contributed by atoms with E-state index in [1.807, 2.05) is 0 Å². The van der Waals surface area contributed by atoms with Gasteiger partial charge in [0.15, 0.2) is 5.82 Å². The number of nitro groups is 1. The molecule has 1 heterocycles. The molecule has 0 atom stereocenters. The van der Waals surface area contributed by atoms with Crippen molar-refractivity contribution < 1.29 is 4.92 Å². The molecule has 0 unspecified atom stereocenters. The normalized spacial score (nSPS) is 7.73. The van der Waals surface area contributed by atoms with Crippen molar-refractivity contribution in [3.8, 4) is 0 Å². The SMILES string of the molecule is Cc1ncc([N+](=O)[O-])[nH]1.Cl.Cl. The van der Waals surface area contributed by atoms with E-state index in [2.05, 4.69) is 9.97 Å². The zero-order valence-corrected chi connectivity index (χ0v) is 7.24. The molecule has 5 nitrogen and oxygen atoms in total. The lowest BCUT2D eigenvalue weighted by Gasteiger charge is -1.83. The van der Waals surface area contributed by atoms with Gasteiger partial charge in [0, 0.05) is 6.92 Å². The summed E-state index contributed by atoms with van der Waals surface area (Å²) in [7, 11) is 0. The van der Waals surface area contributed by atoms with Crippen LogP contribution < -0.4 is 0 Å². The third-order valence-corrected chi connectivity index (χ3v) is 0.886. The second-order valence-corrected chi connectivity index (χ2v) is 1.61. The van der Waals surface area contributed by atoms with E-state index < -0.39 is 4.92 Å². The molecule has 0 fully saturated rings. The lowest BCUT2D eigenvalue weighted by molar-refractivity contribution is -0.389. The molecule has 1 aromatic rings. The molecular weight excluding hydrogens is 193 g/mol. The monoisotopic (exact) mass is 199 g/mol. The highest BCUT2D eigenvalue weighted by Gasteiger charge is 2.04. The highest BCUT2D eigenvalue weighted by molar-refractivity contribution is 5.85. The predicted molar refractivity (Wildman–Crippen MR) is 44.5 cm³/mol. The molecule has 1 aromatic heterocycles. The third-order valence-electron chi connectivity index (χ3n) is 0.886. The molecule has 11 heavy (non-hydrogen) atoms. The van der Waals surface area contributed by atoms with Crippen molar-refractivity contribution in [1.82, 2.24) is 9.97 Å². The summed E-state index contributed by atoms with van der Waals surface area (Å²) >= 11 is 0. The average Bonchev–Trinajstić information content (AvgIpc) is 2.14. The number of nitrogens with zero attached hydrogens (tertiary/aromatic N) is 2. The van der Waals surface area contributed by atoms with E-state index >= 15 is 0 Å². The first-order chi connectivity index (χ1) is 4.20. The van der Waals surface area contributed by atoms with E-state index in [0.717, 1.165) is 0 Å². The predicted octanol–water partition coefficient (Wildman–Crippen LogP) is 1.47. The molecule has 0 aliphatic carbocycles. The van der Waals surface area contributed by atoms with E-state index in [4.69, 9.17) is 0 Å². The zero-order valence-electron chi connectivity index (χ0n) is 5.60. The van der Waals surface area contributed by atoms with Crippen LogP contribution in [0.1, 0.15) is 5.82 Å². The van der Waals surface area contributed by atoms with Gasteiger partial charge < -0.3 is 10.1 Å². The van der Waals surface area contributed by atoms with Crippen molar-refractivity contribution >= 4 is 30.6 Å². The summed E-state index contributed by atoms with van der Waals surface area (Å²) in [5.74, 6) is 0.495. The van der Waals surface area contributed by atoms with E-state index in [1.165, 1.54) is 6.20 Å². The van der Waals surface area contributed by atoms with Crippen LogP contribution in [0.3, 0.4) is 0 Å². The lowest BCUT2D eigenvalue weighted by Crippen LogP contribution is -1.86. The van der Waals surface area contributed by atoms with Crippen LogP contribution in [0.2, 0.25) is 0 Å². The smallest absolute Gasteiger partial charge is 0.340 e. The zero-order chi connectivity index (χ0) is 6.85. The van der Waals surface area contributed by atoms with Crippen LogP contribution in [-0.4, -0.2) is 14.9 Å². The summed E-state index contributed by atoms with van der Waals surface area (Å²) in [4.78, 5) is 15.5. The van der Waals surface area contributed by atoms with E-state index in [-0.39, 0.29) is 30.6 Å². The second-order valence-electron chi connectivity index (χ2n) is 1.61. The number of aromatic nitrogens is 2. The number of halogens is 2. The van der Waals surface area contributed by atoms with Crippen LogP contribution in [-0.2, 0) is 0 Å². The molecule has 0 radical (unpaired) electrons. The standard InChI is InChI=1S/C4H5N3O2.2ClH/c1-3-5-2-4(6-3)7(8)9;;/h2H,1H3,(H,5,6);2*1H. The highest BCUT2D eigenvalue weighted by atomic mass is 35.5. The third kappa shape index (κ3) is 3.20. The van der Waals surface area contributed by atoms with Gasteiger partial charge in [-0.15, -0.1) is 24.8 Å². The van der Waals surface area contributed by atoms with E-state index in [0.29, 0.717) is 5.82 Å². The molecule has 0 aliphatic heterocycles. The summed E-state index contributed by atoms with van der Waals surface area (Å²) in [5, 5.41) is 9.95. The fraction of sp³-hybridized carbons (Fsp3) is 0.250. The number of nitrogens with one attached hydrogen (secondary N) is 1. The Kier molecular flexibility index (Phi) is 5.74. The molecule has 0 amide bonds. The van der Waals surface area contributed by atoms with Crippen LogP contribution in [0.25, 0.3) is 0 Å². The van der Waals surface area contributed by atoms with Gasteiger partial charge in [0.05, 0.1) is 0 Å². The Labute approximate surface area is 75.2 Å². The van der Waals surface area contributed by atoms with Gasteiger partial charge in [-0.3, -0.25) is 0 Å². The Hall–Kier alpha value is -0.810. The Morgan fingerprint density at radius 2 is 2.18 bits per heavy atom. The molecule has 0 spiro atoms. The minimum absolute atomic E-state index is 0. The Balaban J connectivity index is 0. The maximum atomic E-state index is 9.95. The van der Waals surface area contributed by atoms with Crippen molar-refractivity contribution in [3.05, 3.63) is 22.1 Å². The number of H-pyrrole nitrogens is 1. The summed E-state index contributed by atoms with van der Waals surface area (Å²) in [5.41, 5.74) is 0. The molecule has 0 bridgehead atoms. The fourth-order valence-corrected chi connectivity index (χ4v) is 0.501. The minimum atomic E-state index is -0.514. The van der Waals surface area contributed by atoms with E-state index in [1.54, 1.807) is 6.92 Å². The quantitative estimate of drug-likeness (QED) is 0.551. The van der Waals surface area contributed by atoms with Crippen molar-refractivity contribution in [2.75, 3.05) is 0 Å². The fourth-order valence-electron chi connectivity index (χ4n) is 0.501. The van der Waals surface area contributed by atoms with Crippen LogP contribution in [0.15, 0.2) is 6.20 Å². The van der Waals surface area contributed by atoms with Gasteiger partial charge in [0.2, 0.25) is 0 Å². The van der Waals surface area contributed by atoms with Crippen LogP contribution >= 0.6 is 24.8 Å². The van der Waals surface area contributed by atoms with Gasteiger partial charge in [-0.1, -0.05) is 0 Å². The largest absolute Gasteiger partial charge is 0.358 e. The maximum Gasteiger partial charge on any atom is 0.340 e. The summed E-state index contributed by atoms with van der Waals surface area (Å²) in [6, 6.07) is 0. The number of aromatic amines is 1. The Bertz CT molecular complexity index is 237. The second kappa shape index (κ2) is 4.92. The van der Waals surface area contributed by atoms with Crippen molar-refractivity contribution in [3.63, 3.8) is 0 Å². The number of rotatable bonds is 1. The summed E-state index contributed by atoms with van der Waals surface area (Å²) in [6.07, 6.45) is 1.19. The lowest BCUT2D eigenvalue weighted by atomic mass is 10.7. The number of imidazole rings is 1. The molecule has 0 aliphatic rings. The molecule has 64 valence electrons. The van der Waals surface area contributed by atoms with Crippen molar-refractivity contribution in [1.29, 1.82) is 0 Å². The molecule has 0 aromatic carbocycles. The summed E-state index contributed by atoms with van der Waals surface area (Å²) in [6.45, 7) is 1.66. The molecule has 7 heteroatoms. The van der Waals surface area contributed by atoms with Gasteiger partial charge in [-0.2, -0.15) is 0 Å². The maximum absolute atomic E-state index is 9.95. The number of hydrogen-bond donors (Lipinski definition) is 1. The average molecular weight is 200 g/mol. The van der Waals surface area contributed by atoms with E-state index in [9.17, 15) is 10.1 Å². The van der Waals surface area contributed by atoms with Crippen LogP contribution in [0, 0.1) is 17.0 Å². The first kappa shape index (κ1) is 12.8. The first-order valence-corrected chi connectivity index (χ1v) is 2.36. The molecule has 1 rings (SSSR count). The first-order valence-electron chi connectivity index (χ1n) is 2.36. The molecular formula is C4H7Cl2N3O2. The van der Waals surface area contributed by atoms with Crippen molar-refractivity contribution in [2.24, 2.45) is 0 Å². The van der Waals surface area contributed by atoms with Gasteiger partial charge >= 0.3 is 5.82 Å². The van der Waals surface area contributed by atoms with Crippen molar-refractivity contribution in [2.45, 2.75) is 6.92 Å². The Morgan fingerprint density at radius 3 is 2.36 bits per heavy atom.